The number of ether oxygens (including phenoxy) is 1. The molecule has 0 aliphatic carbocycles. The maximum absolute atomic E-state index is 11.1. The van der Waals surface area contributed by atoms with Crippen LogP contribution in [0.1, 0.15) is 47.1 Å². The van der Waals surface area contributed by atoms with E-state index in [1.165, 1.54) is 0 Å². The molecule has 0 amide bonds. The highest BCUT2D eigenvalue weighted by Gasteiger charge is 2.27. The number of H-pyrrole nitrogens is 1. The lowest BCUT2D eigenvalue weighted by molar-refractivity contribution is 0.0689. The van der Waals surface area contributed by atoms with Crippen LogP contribution in [0.3, 0.4) is 0 Å². The van der Waals surface area contributed by atoms with E-state index in [-0.39, 0.29) is 5.92 Å². The van der Waals surface area contributed by atoms with Crippen LogP contribution in [0.25, 0.3) is 0 Å². The van der Waals surface area contributed by atoms with Gasteiger partial charge in [-0.2, -0.15) is 0 Å². The summed E-state index contributed by atoms with van der Waals surface area (Å²) < 4.78 is 5.19. The lowest BCUT2D eigenvalue weighted by Gasteiger charge is -2.05. The Kier molecular flexibility index (Phi) is 2.07. The highest BCUT2D eigenvalue weighted by molar-refractivity contribution is 5.91. The topological polar surface area (TPSA) is 62.3 Å². The summed E-state index contributed by atoms with van der Waals surface area (Å²) in [5.41, 5.74) is 2.96. The van der Waals surface area contributed by atoms with Gasteiger partial charge < -0.3 is 14.8 Å². The van der Waals surface area contributed by atoms with E-state index in [1.807, 2.05) is 13.8 Å². The standard InChI is InChI=1S/C10H13NO3/c1-5(2)9-8(10(12)13)6-3-14-4-7(6)11-9/h5,11H,3-4H2,1-2H3,(H,12,13). The predicted octanol–water partition coefficient (Wildman–Crippen LogP) is 1.87. The molecule has 2 heterocycles. The third kappa shape index (κ3) is 1.23. The summed E-state index contributed by atoms with van der Waals surface area (Å²) in [7, 11) is 0. The van der Waals surface area contributed by atoms with Crippen LogP contribution in [0, 0.1) is 0 Å². The molecular formula is C10H13NO3. The molecule has 0 atom stereocenters. The van der Waals surface area contributed by atoms with Gasteiger partial charge in [-0.3, -0.25) is 0 Å². The first-order valence-electron chi connectivity index (χ1n) is 4.66. The van der Waals surface area contributed by atoms with Crippen molar-refractivity contribution < 1.29 is 14.6 Å². The third-order valence-corrected chi connectivity index (χ3v) is 2.50. The van der Waals surface area contributed by atoms with E-state index in [0.717, 1.165) is 17.0 Å². The zero-order chi connectivity index (χ0) is 10.3. The van der Waals surface area contributed by atoms with Gasteiger partial charge in [0, 0.05) is 17.0 Å². The maximum Gasteiger partial charge on any atom is 0.337 e. The first-order valence-corrected chi connectivity index (χ1v) is 4.66. The Balaban J connectivity index is 2.57. The van der Waals surface area contributed by atoms with Crippen LogP contribution in [-0.4, -0.2) is 16.1 Å². The van der Waals surface area contributed by atoms with Crippen LogP contribution in [0.5, 0.6) is 0 Å². The SMILES string of the molecule is CC(C)c1[nH]c2c(c1C(=O)O)COC2. The summed E-state index contributed by atoms with van der Waals surface area (Å²) in [6, 6.07) is 0. The third-order valence-electron chi connectivity index (χ3n) is 2.50. The number of carboxylic acids is 1. The van der Waals surface area contributed by atoms with Crippen molar-refractivity contribution in [3.05, 3.63) is 22.5 Å². The molecule has 1 aromatic rings. The summed E-state index contributed by atoms with van der Waals surface area (Å²) in [5.74, 6) is -0.664. The van der Waals surface area contributed by atoms with Crippen molar-refractivity contribution in [2.24, 2.45) is 0 Å². The van der Waals surface area contributed by atoms with Crippen molar-refractivity contribution >= 4 is 5.97 Å². The van der Waals surface area contributed by atoms with Crippen molar-refractivity contribution in [2.45, 2.75) is 33.0 Å². The molecule has 1 aromatic heterocycles. The van der Waals surface area contributed by atoms with E-state index < -0.39 is 5.97 Å². The smallest absolute Gasteiger partial charge is 0.337 e. The Morgan fingerprint density at radius 1 is 1.50 bits per heavy atom. The molecule has 0 spiro atoms. The molecule has 0 saturated heterocycles. The molecule has 1 aliphatic heterocycles. The molecule has 0 radical (unpaired) electrons. The molecule has 0 saturated carbocycles. The summed E-state index contributed by atoms with van der Waals surface area (Å²) in [5, 5.41) is 9.09. The van der Waals surface area contributed by atoms with E-state index >= 15 is 0 Å². The number of hydrogen-bond acceptors (Lipinski definition) is 2. The summed E-state index contributed by atoms with van der Waals surface area (Å²) in [6.45, 7) is 4.88. The molecule has 0 unspecified atom stereocenters. The number of rotatable bonds is 2. The number of aromatic carboxylic acids is 1. The van der Waals surface area contributed by atoms with Gasteiger partial charge >= 0.3 is 5.97 Å². The van der Waals surface area contributed by atoms with Gasteiger partial charge in [0.1, 0.15) is 0 Å². The van der Waals surface area contributed by atoms with Gasteiger partial charge in [0.25, 0.3) is 0 Å². The van der Waals surface area contributed by atoms with E-state index in [0.29, 0.717) is 18.8 Å². The van der Waals surface area contributed by atoms with Crippen molar-refractivity contribution in [1.82, 2.24) is 4.98 Å². The molecule has 4 nitrogen and oxygen atoms in total. The van der Waals surface area contributed by atoms with Crippen molar-refractivity contribution in [3.63, 3.8) is 0 Å². The fourth-order valence-corrected chi connectivity index (χ4v) is 1.83. The first kappa shape index (κ1) is 9.27. The second-order valence-corrected chi connectivity index (χ2v) is 3.82. The highest BCUT2D eigenvalue weighted by Crippen LogP contribution is 2.30. The number of aromatic nitrogens is 1. The van der Waals surface area contributed by atoms with Crippen LogP contribution in [0.2, 0.25) is 0 Å². The molecular weight excluding hydrogens is 182 g/mol. The molecule has 0 bridgehead atoms. The maximum atomic E-state index is 11.1. The summed E-state index contributed by atoms with van der Waals surface area (Å²) in [4.78, 5) is 14.2. The van der Waals surface area contributed by atoms with Gasteiger partial charge in [-0.25, -0.2) is 4.79 Å². The van der Waals surface area contributed by atoms with Crippen molar-refractivity contribution in [1.29, 1.82) is 0 Å². The van der Waals surface area contributed by atoms with Gasteiger partial charge in [-0.15, -0.1) is 0 Å². The quantitative estimate of drug-likeness (QED) is 0.757. The zero-order valence-electron chi connectivity index (χ0n) is 8.26. The van der Waals surface area contributed by atoms with Crippen LogP contribution < -0.4 is 0 Å². The lowest BCUT2D eigenvalue weighted by atomic mass is 10.0. The van der Waals surface area contributed by atoms with Crippen LogP contribution in [0.4, 0.5) is 0 Å². The molecule has 2 N–H and O–H groups in total. The van der Waals surface area contributed by atoms with Gasteiger partial charge in [0.15, 0.2) is 0 Å². The fourth-order valence-electron chi connectivity index (χ4n) is 1.83. The Morgan fingerprint density at radius 2 is 2.21 bits per heavy atom. The molecule has 14 heavy (non-hydrogen) atoms. The van der Waals surface area contributed by atoms with E-state index in [9.17, 15) is 4.79 Å². The second-order valence-electron chi connectivity index (χ2n) is 3.82. The number of aromatic amines is 1. The van der Waals surface area contributed by atoms with Crippen molar-refractivity contribution in [2.75, 3.05) is 0 Å². The normalized spacial score (nSPS) is 14.8. The second kappa shape index (κ2) is 3.13. The molecule has 4 heteroatoms. The molecule has 76 valence electrons. The summed E-state index contributed by atoms with van der Waals surface area (Å²) >= 11 is 0. The number of hydrogen-bond donors (Lipinski definition) is 2. The number of carboxylic acid groups (broad SMARTS) is 1. The number of carbonyl (C=O) groups is 1. The Bertz CT molecular complexity index is 379. The molecule has 1 aliphatic rings. The van der Waals surface area contributed by atoms with Crippen molar-refractivity contribution in [3.8, 4) is 0 Å². The average molecular weight is 195 g/mol. The Morgan fingerprint density at radius 3 is 2.79 bits per heavy atom. The van der Waals surface area contributed by atoms with E-state index in [2.05, 4.69) is 4.98 Å². The molecule has 2 rings (SSSR count). The van der Waals surface area contributed by atoms with Gasteiger partial charge in [0.2, 0.25) is 0 Å². The van der Waals surface area contributed by atoms with E-state index in [1.54, 1.807) is 0 Å². The largest absolute Gasteiger partial charge is 0.478 e. The highest BCUT2D eigenvalue weighted by atomic mass is 16.5. The van der Waals surface area contributed by atoms with Crippen LogP contribution in [0.15, 0.2) is 0 Å². The minimum Gasteiger partial charge on any atom is -0.478 e. The summed E-state index contributed by atoms with van der Waals surface area (Å²) in [6.07, 6.45) is 0. The number of nitrogens with one attached hydrogen (secondary N) is 1. The number of fused-ring (bicyclic) bond motifs is 1. The monoisotopic (exact) mass is 195 g/mol. The Labute approximate surface area is 81.9 Å². The predicted molar refractivity (Wildman–Crippen MR) is 50.3 cm³/mol. The molecule has 0 aromatic carbocycles. The lowest BCUT2D eigenvalue weighted by Crippen LogP contribution is -2.04. The first-order chi connectivity index (χ1) is 6.61. The minimum absolute atomic E-state index is 0.201. The fraction of sp³-hybridized carbons (Fsp3) is 0.500. The zero-order valence-corrected chi connectivity index (χ0v) is 8.26. The van der Waals surface area contributed by atoms with Gasteiger partial charge in [-0.1, -0.05) is 13.8 Å². The van der Waals surface area contributed by atoms with Crippen LogP contribution in [-0.2, 0) is 18.0 Å². The van der Waals surface area contributed by atoms with Crippen LogP contribution >= 0.6 is 0 Å². The average Bonchev–Trinajstić information content (AvgIpc) is 2.58. The minimum atomic E-state index is -0.864. The van der Waals surface area contributed by atoms with Gasteiger partial charge in [0.05, 0.1) is 18.8 Å². The molecule has 0 fully saturated rings. The van der Waals surface area contributed by atoms with Gasteiger partial charge in [-0.05, 0) is 5.92 Å². The van der Waals surface area contributed by atoms with E-state index in [4.69, 9.17) is 9.84 Å². The Hall–Kier alpha value is -1.29.